The van der Waals surface area contributed by atoms with Crippen LogP contribution in [-0.4, -0.2) is 16.1 Å². The van der Waals surface area contributed by atoms with Crippen molar-refractivity contribution in [3.8, 4) is 5.75 Å². The minimum absolute atomic E-state index is 0.00643. The first-order valence-electron chi connectivity index (χ1n) is 6.06. The van der Waals surface area contributed by atoms with E-state index in [1.54, 1.807) is 32.0 Å². The Hall–Kier alpha value is -2.43. The second-order valence-corrected chi connectivity index (χ2v) is 4.41. The molecule has 0 fully saturated rings. The van der Waals surface area contributed by atoms with Gasteiger partial charge in [0, 0.05) is 17.3 Å². The van der Waals surface area contributed by atoms with Crippen molar-refractivity contribution in [2.75, 3.05) is 0 Å². The molecule has 0 amide bonds. The van der Waals surface area contributed by atoms with Gasteiger partial charge in [-0.3, -0.25) is 4.98 Å². The van der Waals surface area contributed by atoms with Gasteiger partial charge in [0.1, 0.15) is 23.7 Å². The highest BCUT2D eigenvalue weighted by Crippen LogP contribution is 2.23. The summed E-state index contributed by atoms with van der Waals surface area (Å²) in [5, 5.41) is 9.20. The van der Waals surface area contributed by atoms with Crippen LogP contribution in [0.5, 0.6) is 5.75 Å². The minimum atomic E-state index is -1.11. The van der Waals surface area contributed by atoms with Crippen LogP contribution in [0.1, 0.15) is 27.3 Å². The molecule has 0 saturated heterocycles. The SMILES string of the molecule is Cc1cc(OCc2ccccc2F)c(C(=O)O)c(C)n1. The topological polar surface area (TPSA) is 59.4 Å². The van der Waals surface area contributed by atoms with Crippen LogP contribution >= 0.6 is 0 Å². The van der Waals surface area contributed by atoms with Crippen LogP contribution in [0.15, 0.2) is 30.3 Å². The third kappa shape index (κ3) is 2.93. The molecule has 0 aliphatic rings. The lowest BCUT2D eigenvalue weighted by molar-refractivity contribution is 0.0690. The minimum Gasteiger partial charge on any atom is -0.488 e. The van der Waals surface area contributed by atoms with E-state index in [4.69, 9.17) is 4.74 Å². The first-order chi connectivity index (χ1) is 9.49. The smallest absolute Gasteiger partial charge is 0.341 e. The van der Waals surface area contributed by atoms with Crippen molar-refractivity contribution in [3.63, 3.8) is 0 Å². The van der Waals surface area contributed by atoms with E-state index in [9.17, 15) is 14.3 Å². The highest BCUT2D eigenvalue weighted by atomic mass is 19.1. The van der Waals surface area contributed by atoms with Crippen LogP contribution in [0.25, 0.3) is 0 Å². The van der Waals surface area contributed by atoms with Gasteiger partial charge in [-0.1, -0.05) is 18.2 Å². The van der Waals surface area contributed by atoms with E-state index < -0.39 is 5.97 Å². The van der Waals surface area contributed by atoms with Crippen LogP contribution in [0.4, 0.5) is 4.39 Å². The van der Waals surface area contributed by atoms with Crippen molar-refractivity contribution in [2.24, 2.45) is 0 Å². The molecule has 2 rings (SSSR count). The van der Waals surface area contributed by atoms with E-state index >= 15 is 0 Å². The summed E-state index contributed by atoms with van der Waals surface area (Å²) < 4.78 is 19.0. The van der Waals surface area contributed by atoms with Crippen LogP contribution in [0.2, 0.25) is 0 Å². The van der Waals surface area contributed by atoms with E-state index in [2.05, 4.69) is 4.98 Å². The predicted octanol–water partition coefficient (Wildman–Crippen LogP) is 3.11. The molecular weight excluding hydrogens is 261 g/mol. The Labute approximate surface area is 115 Å². The van der Waals surface area contributed by atoms with Gasteiger partial charge in [-0.05, 0) is 19.9 Å². The molecule has 20 heavy (non-hydrogen) atoms. The molecule has 0 saturated carbocycles. The Morgan fingerprint density at radius 1 is 1.35 bits per heavy atom. The summed E-state index contributed by atoms with van der Waals surface area (Å²) in [6, 6.07) is 7.75. The normalized spacial score (nSPS) is 10.3. The lowest BCUT2D eigenvalue weighted by Gasteiger charge is -2.12. The molecule has 5 heteroatoms. The van der Waals surface area contributed by atoms with Crippen LogP contribution in [-0.2, 0) is 6.61 Å². The Balaban J connectivity index is 2.30. The van der Waals surface area contributed by atoms with Gasteiger partial charge in [-0.25, -0.2) is 9.18 Å². The molecular formula is C15H14FNO3. The zero-order valence-electron chi connectivity index (χ0n) is 11.2. The average molecular weight is 275 g/mol. The molecule has 1 aromatic heterocycles. The number of halogens is 1. The first kappa shape index (κ1) is 14.0. The third-order valence-electron chi connectivity index (χ3n) is 2.85. The summed E-state index contributed by atoms with van der Waals surface area (Å²) >= 11 is 0. The summed E-state index contributed by atoms with van der Waals surface area (Å²) in [7, 11) is 0. The fourth-order valence-electron chi connectivity index (χ4n) is 1.94. The van der Waals surface area contributed by atoms with Gasteiger partial charge in [0.15, 0.2) is 0 Å². The molecule has 1 aromatic carbocycles. The molecule has 0 spiro atoms. The molecule has 0 bridgehead atoms. The van der Waals surface area contributed by atoms with Crippen LogP contribution < -0.4 is 4.74 Å². The lowest BCUT2D eigenvalue weighted by Crippen LogP contribution is -2.08. The number of aryl methyl sites for hydroxylation is 2. The number of nitrogens with zero attached hydrogens (tertiary/aromatic N) is 1. The number of ether oxygens (including phenoxy) is 1. The molecule has 2 aromatic rings. The number of hydrogen-bond donors (Lipinski definition) is 1. The van der Waals surface area contributed by atoms with Crippen molar-refractivity contribution >= 4 is 5.97 Å². The Bertz CT molecular complexity index is 656. The number of hydrogen-bond acceptors (Lipinski definition) is 3. The highest BCUT2D eigenvalue weighted by Gasteiger charge is 2.17. The summed E-state index contributed by atoms with van der Waals surface area (Å²) in [5.74, 6) is -1.30. The van der Waals surface area contributed by atoms with Crippen molar-refractivity contribution in [2.45, 2.75) is 20.5 Å². The van der Waals surface area contributed by atoms with Crippen LogP contribution in [0.3, 0.4) is 0 Å². The number of benzene rings is 1. The molecule has 0 unspecified atom stereocenters. The summed E-state index contributed by atoms with van der Waals surface area (Å²) in [6.07, 6.45) is 0. The summed E-state index contributed by atoms with van der Waals surface area (Å²) in [5.41, 5.74) is 1.40. The van der Waals surface area contributed by atoms with E-state index in [0.717, 1.165) is 0 Å². The number of rotatable bonds is 4. The van der Waals surface area contributed by atoms with Gasteiger partial charge in [0.25, 0.3) is 0 Å². The lowest BCUT2D eigenvalue weighted by atomic mass is 10.1. The molecule has 0 atom stereocenters. The monoisotopic (exact) mass is 275 g/mol. The molecule has 1 N–H and O–H groups in total. The van der Waals surface area contributed by atoms with E-state index in [1.807, 2.05) is 0 Å². The number of aromatic carboxylic acids is 1. The number of carboxylic acids is 1. The van der Waals surface area contributed by atoms with Crippen molar-refractivity contribution in [3.05, 3.63) is 58.7 Å². The van der Waals surface area contributed by atoms with E-state index in [-0.39, 0.29) is 23.7 Å². The molecule has 1 heterocycles. The fraction of sp³-hybridized carbons (Fsp3) is 0.200. The molecule has 0 aliphatic carbocycles. The maximum Gasteiger partial charge on any atom is 0.341 e. The van der Waals surface area contributed by atoms with E-state index in [0.29, 0.717) is 17.0 Å². The van der Waals surface area contributed by atoms with Gasteiger partial charge in [0.05, 0.1) is 5.69 Å². The van der Waals surface area contributed by atoms with Gasteiger partial charge in [-0.2, -0.15) is 0 Å². The van der Waals surface area contributed by atoms with Gasteiger partial charge < -0.3 is 9.84 Å². The van der Waals surface area contributed by atoms with Gasteiger partial charge in [0.2, 0.25) is 0 Å². The average Bonchev–Trinajstić information content (AvgIpc) is 2.36. The summed E-state index contributed by atoms with van der Waals surface area (Å²) in [6.45, 7) is 3.32. The Morgan fingerprint density at radius 2 is 2.05 bits per heavy atom. The molecule has 104 valence electrons. The molecule has 0 aliphatic heterocycles. The predicted molar refractivity (Wildman–Crippen MR) is 71.4 cm³/mol. The quantitative estimate of drug-likeness (QED) is 0.931. The Morgan fingerprint density at radius 3 is 2.70 bits per heavy atom. The standard InChI is InChI=1S/C15H14FNO3/c1-9-7-13(14(15(18)19)10(2)17-9)20-8-11-5-3-4-6-12(11)16/h3-7H,8H2,1-2H3,(H,18,19). The zero-order valence-corrected chi connectivity index (χ0v) is 11.2. The number of carboxylic acid groups (broad SMARTS) is 1. The van der Waals surface area contributed by atoms with Crippen LogP contribution in [0, 0.1) is 19.7 Å². The van der Waals surface area contributed by atoms with Crippen molar-refractivity contribution in [1.29, 1.82) is 0 Å². The largest absolute Gasteiger partial charge is 0.488 e. The maximum absolute atomic E-state index is 13.5. The highest BCUT2D eigenvalue weighted by molar-refractivity contribution is 5.92. The molecule has 0 radical (unpaired) electrons. The Kier molecular flexibility index (Phi) is 3.98. The van der Waals surface area contributed by atoms with Gasteiger partial charge in [-0.15, -0.1) is 0 Å². The van der Waals surface area contributed by atoms with E-state index in [1.165, 1.54) is 12.1 Å². The first-order valence-corrected chi connectivity index (χ1v) is 6.06. The van der Waals surface area contributed by atoms with Crippen molar-refractivity contribution < 1.29 is 19.0 Å². The third-order valence-corrected chi connectivity index (χ3v) is 2.85. The zero-order chi connectivity index (χ0) is 14.7. The number of pyridine rings is 1. The maximum atomic E-state index is 13.5. The van der Waals surface area contributed by atoms with Gasteiger partial charge >= 0.3 is 5.97 Å². The second kappa shape index (κ2) is 5.69. The molecule has 4 nitrogen and oxygen atoms in total. The number of aromatic nitrogens is 1. The summed E-state index contributed by atoms with van der Waals surface area (Å²) in [4.78, 5) is 15.3. The number of carbonyl (C=O) groups is 1. The fourth-order valence-corrected chi connectivity index (χ4v) is 1.94. The van der Waals surface area contributed by atoms with Crippen molar-refractivity contribution in [1.82, 2.24) is 4.98 Å². The second-order valence-electron chi connectivity index (χ2n) is 4.41.